The summed E-state index contributed by atoms with van der Waals surface area (Å²) in [7, 11) is 0. The lowest BCUT2D eigenvalue weighted by molar-refractivity contribution is 0.0863. The second kappa shape index (κ2) is 5.57. The third-order valence-electron chi connectivity index (χ3n) is 2.99. The Kier molecular flexibility index (Phi) is 4.09. The van der Waals surface area contributed by atoms with E-state index < -0.39 is 0 Å². The number of hydrogen-bond donors (Lipinski definition) is 3. The molecule has 1 fully saturated rings. The molecule has 1 aromatic heterocycles. The van der Waals surface area contributed by atoms with Gasteiger partial charge < -0.3 is 16.2 Å². The van der Waals surface area contributed by atoms with Crippen LogP contribution in [0.5, 0.6) is 0 Å². The van der Waals surface area contributed by atoms with Crippen molar-refractivity contribution in [2.24, 2.45) is 5.73 Å². The van der Waals surface area contributed by atoms with Crippen LogP contribution in [-0.4, -0.2) is 28.1 Å². The molecule has 2 rings (SSSR count). The molecule has 4 N–H and O–H groups in total. The van der Waals surface area contributed by atoms with Crippen LogP contribution in [0.4, 0.5) is 0 Å². The highest BCUT2D eigenvalue weighted by Crippen LogP contribution is 2.19. The summed E-state index contributed by atoms with van der Waals surface area (Å²) in [5.74, 6) is -0.137. The first-order valence-electron chi connectivity index (χ1n) is 5.82. The molecule has 0 aliphatic heterocycles. The van der Waals surface area contributed by atoms with Crippen LogP contribution in [-0.2, 0) is 6.54 Å². The average Bonchev–Trinajstić information content (AvgIpc) is 2.81. The Hall–Kier alpha value is -0.980. The summed E-state index contributed by atoms with van der Waals surface area (Å²) >= 11 is 1.40. The lowest BCUT2D eigenvalue weighted by atomic mass is 9.93. The molecule has 1 amide bonds. The van der Waals surface area contributed by atoms with Crippen molar-refractivity contribution in [2.75, 3.05) is 0 Å². The number of nitrogens with two attached hydrogens (primary N) is 1. The Bertz CT molecular complexity index is 386. The van der Waals surface area contributed by atoms with Gasteiger partial charge in [-0.1, -0.05) is 0 Å². The summed E-state index contributed by atoms with van der Waals surface area (Å²) in [6.07, 6.45) is 2.99. The molecule has 0 aromatic carbocycles. The highest BCUT2D eigenvalue weighted by molar-refractivity contribution is 7.09. The van der Waals surface area contributed by atoms with Gasteiger partial charge in [0.25, 0.3) is 5.91 Å². The quantitative estimate of drug-likeness (QED) is 0.739. The van der Waals surface area contributed by atoms with Gasteiger partial charge in [-0.05, 0) is 25.7 Å². The van der Waals surface area contributed by atoms with Crippen molar-refractivity contribution >= 4 is 17.2 Å². The molecular formula is C11H17N3O2S. The molecule has 0 spiro atoms. The number of carbonyl (C=O) groups is 1. The standard InChI is InChI=1S/C11H17N3O2S/c12-5-10-14-9(6-17-10)11(16)13-7-1-3-8(15)4-2-7/h6-8,15H,1-5,12H2,(H,13,16). The van der Waals surface area contributed by atoms with Crippen LogP contribution in [0.1, 0.15) is 41.2 Å². The number of amides is 1. The Morgan fingerprint density at radius 2 is 2.24 bits per heavy atom. The summed E-state index contributed by atoms with van der Waals surface area (Å²) in [6.45, 7) is 0.369. The van der Waals surface area contributed by atoms with E-state index in [1.807, 2.05) is 0 Å². The van der Waals surface area contributed by atoms with E-state index in [0.717, 1.165) is 30.7 Å². The van der Waals surface area contributed by atoms with E-state index in [4.69, 9.17) is 5.73 Å². The molecule has 5 nitrogen and oxygen atoms in total. The summed E-state index contributed by atoms with van der Waals surface area (Å²) in [5.41, 5.74) is 5.90. The Labute approximate surface area is 104 Å². The fourth-order valence-corrected chi connectivity index (χ4v) is 2.64. The maximum absolute atomic E-state index is 11.9. The van der Waals surface area contributed by atoms with Gasteiger partial charge in [-0.3, -0.25) is 4.79 Å². The first-order chi connectivity index (χ1) is 8.19. The molecule has 1 heterocycles. The molecule has 1 saturated carbocycles. The van der Waals surface area contributed by atoms with E-state index in [9.17, 15) is 9.90 Å². The van der Waals surface area contributed by atoms with Crippen LogP contribution >= 0.6 is 11.3 Å². The average molecular weight is 255 g/mol. The summed E-state index contributed by atoms with van der Waals surface area (Å²) in [4.78, 5) is 16.0. The van der Waals surface area contributed by atoms with Crippen molar-refractivity contribution in [2.45, 2.75) is 44.4 Å². The van der Waals surface area contributed by atoms with Gasteiger partial charge in [0, 0.05) is 18.0 Å². The highest BCUT2D eigenvalue weighted by atomic mass is 32.1. The molecule has 0 unspecified atom stereocenters. The second-order valence-corrected chi connectivity index (χ2v) is 5.25. The number of aromatic nitrogens is 1. The van der Waals surface area contributed by atoms with Crippen molar-refractivity contribution < 1.29 is 9.90 Å². The topological polar surface area (TPSA) is 88.2 Å². The second-order valence-electron chi connectivity index (χ2n) is 4.31. The number of nitrogens with zero attached hydrogens (tertiary/aromatic N) is 1. The molecule has 0 atom stereocenters. The predicted molar refractivity (Wildman–Crippen MR) is 65.7 cm³/mol. The van der Waals surface area contributed by atoms with Gasteiger partial charge in [-0.15, -0.1) is 11.3 Å². The molecule has 1 aliphatic rings. The predicted octanol–water partition coefficient (Wildman–Crippen LogP) is 0.635. The molecule has 17 heavy (non-hydrogen) atoms. The molecule has 0 saturated heterocycles. The van der Waals surface area contributed by atoms with Gasteiger partial charge >= 0.3 is 0 Å². The maximum Gasteiger partial charge on any atom is 0.270 e. The van der Waals surface area contributed by atoms with Crippen LogP contribution < -0.4 is 11.1 Å². The molecule has 94 valence electrons. The minimum absolute atomic E-state index is 0.137. The zero-order valence-electron chi connectivity index (χ0n) is 9.56. The van der Waals surface area contributed by atoms with Crippen molar-refractivity contribution in [3.05, 3.63) is 16.1 Å². The van der Waals surface area contributed by atoms with Gasteiger partial charge in [-0.2, -0.15) is 0 Å². The number of rotatable bonds is 3. The van der Waals surface area contributed by atoms with Crippen LogP contribution in [0.25, 0.3) is 0 Å². The normalized spacial score (nSPS) is 24.6. The SMILES string of the molecule is NCc1nc(C(=O)NC2CCC(O)CC2)cs1. The smallest absolute Gasteiger partial charge is 0.270 e. The maximum atomic E-state index is 11.9. The van der Waals surface area contributed by atoms with Crippen LogP contribution in [0.3, 0.4) is 0 Å². The fourth-order valence-electron chi connectivity index (χ4n) is 1.99. The number of aliphatic hydroxyl groups is 1. The van der Waals surface area contributed by atoms with Gasteiger partial charge in [-0.25, -0.2) is 4.98 Å². The third-order valence-corrected chi connectivity index (χ3v) is 3.86. The van der Waals surface area contributed by atoms with Crippen molar-refractivity contribution in [1.29, 1.82) is 0 Å². The minimum atomic E-state index is -0.203. The van der Waals surface area contributed by atoms with Crippen LogP contribution in [0.15, 0.2) is 5.38 Å². The molecule has 0 radical (unpaired) electrons. The summed E-state index contributed by atoms with van der Waals surface area (Å²) < 4.78 is 0. The number of aliphatic hydroxyl groups excluding tert-OH is 1. The molecule has 1 aliphatic carbocycles. The third kappa shape index (κ3) is 3.24. The van der Waals surface area contributed by atoms with Gasteiger partial charge in [0.05, 0.1) is 6.10 Å². The monoisotopic (exact) mass is 255 g/mol. The van der Waals surface area contributed by atoms with E-state index in [1.54, 1.807) is 5.38 Å². The Morgan fingerprint density at radius 1 is 1.53 bits per heavy atom. The Morgan fingerprint density at radius 3 is 2.82 bits per heavy atom. The van der Waals surface area contributed by atoms with Gasteiger partial charge in [0.2, 0.25) is 0 Å². The summed E-state index contributed by atoms with van der Waals surface area (Å²) in [5, 5.41) is 14.8. The number of thiazole rings is 1. The van der Waals surface area contributed by atoms with Gasteiger partial charge in [0.15, 0.2) is 0 Å². The highest BCUT2D eigenvalue weighted by Gasteiger charge is 2.22. The fraction of sp³-hybridized carbons (Fsp3) is 0.636. The largest absolute Gasteiger partial charge is 0.393 e. The van der Waals surface area contributed by atoms with E-state index in [0.29, 0.717) is 12.2 Å². The number of carbonyl (C=O) groups excluding carboxylic acids is 1. The van der Waals surface area contributed by atoms with Crippen molar-refractivity contribution in [1.82, 2.24) is 10.3 Å². The zero-order chi connectivity index (χ0) is 12.3. The minimum Gasteiger partial charge on any atom is -0.393 e. The first kappa shape index (κ1) is 12.5. The Balaban J connectivity index is 1.88. The lowest BCUT2D eigenvalue weighted by Gasteiger charge is -2.25. The van der Waals surface area contributed by atoms with Crippen LogP contribution in [0, 0.1) is 0 Å². The summed E-state index contributed by atoms with van der Waals surface area (Å²) in [6, 6.07) is 0.161. The molecular weight excluding hydrogens is 238 g/mol. The lowest BCUT2D eigenvalue weighted by Crippen LogP contribution is -2.38. The van der Waals surface area contributed by atoms with Crippen molar-refractivity contribution in [3.8, 4) is 0 Å². The van der Waals surface area contributed by atoms with E-state index >= 15 is 0 Å². The number of nitrogens with one attached hydrogen (secondary N) is 1. The first-order valence-corrected chi connectivity index (χ1v) is 6.70. The van der Waals surface area contributed by atoms with Crippen LogP contribution in [0.2, 0.25) is 0 Å². The molecule has 1 aromatic rings. The number of hydrogen-bond acceptors (Lipinski definition) is 5. The van der Waals surface area contributed by atoms with Crippen molar-refractivity contribution in [3.63, 3.8) is 0 Å². The van der Waals surface area contributed by atoms with E-state index in [-0.39, 0.29) is 18.1 Å². The van der Waals surface area contributed by atoms with Gasteiger partial charge in [0.1, 0.15) is 10.7 Å². The molecule has 6 heteroatoms. The molecule has 0 bridgehead atoms. The van der Waals surface area contributed by atoms with E-state index in [2.05, 4.69) is 10.3 Å². The van der Waals surface area contributed by atoms with E-state index in [1.165, 1.54) is 11.3 Å². The zero-order valence-corrected chi connectivity index (χ0v) is 10.4.